The van der Waals surface area contributed by atoms with Gasteiger partial charge in [0.2, 0.25) is 0 Å². The van der Waals surface area contributed by atoms with Crippen LogP contribution in [0.4, 0.5) is 5.00 Å². The first-order valence-electron chi connectivity index (χ1n) is 7.03. The molecular weight excluding hydrogens is 370 g/mol. The summed E-state index contributed by atoms with van der Waals surface area (Å²) >= 11 is 8.30. The zero-order valence-electron chi connectivity index (χ0n) is 12.8. The van der Waals surface area contributed by atoms with Crippen LogP contribution in [0, 0.1) is 17.0 Å². The fourth-order valence-electron chi connectivity index (χ4n) is 2.44. The number of rotatable bonds is 3. The Bertz CT molecular complexity index is 1030. The van der Waals surface area contributed by atoms with Crippen LogP contribution in [-0.2, 0) is 6.54 Å². The van der Waals surface area contributed by atoms with E-state index in [-0.39, 0.29) is 9.88 Å². The average Bonchev–Trinajstić information content (AvgIpc) is 3.11. The topological polar surface area (TPSA) is 77.5 Å². The molecule has 0 aliphatic carbocycles. The number of nitro groups is 1. The van der Waals surface area contributed by atoms with Crippen molar-refractivity contribution in [2.75, 3.05) is 0 Å². The molecule has 0 spiro atoms. The molecular formula is C15H12ClN3O3S2. The van der Waals surface area contributed by atoms with Gasteiger partial charge in [0.15, 0.2) is 4.80 Å². The molecule has 2 heterocycles. The molecule has 0 unspecified atom stereocenters. The molecule has 0 fully saturated rings. The van der Waals surface area contributed by atoms with Crippen molar-refractivity contribution in [3.63, 3.8) is 0 Å². The highest BCUT2D eigenvalue weighted by molar-refractivity contribution is 7.17. The van der Waals surface area contributed by atoms with Crippen molar-refractivity contribution in [2.45, 2.75) is 20.4 Å². The second kappa shape index (κ2) is 6.46. The quantitative estimate of drug-likeness (QED) is 0.498. The minimum atomic E-state index is -0.515. The van der Waals surface area contributed by atoms with Crippen molar-refractivity contribution in [2.24, 2.45) is 4.99 Å². The van der Waals surface area contributed by atoms with E-state index >= 15 is 0 Å². The van der Waals surface area contributed by atoms with Crippen LogP contribution in [-0.4, -0.2) is 15.4 Å². The molecule has 1 aromatic carbocycles. The van der Waals surface area contributed by atoms with E-state index < -0.39 is 10.8 Å². The van der Waals surface area contributed by atoms with Crippen molar-refractivity contribution in [3.05, 3.63) is 54.6 Å². The normalized spacial score (nSPS) is 12.0. The lowest BCUT2D eigenvalue weighted by Crippen LogP contribution is -2.16. The highest BCUT2D eigenvalue weighted by Crippen LogP contribution is 2.27. The Hall–Kier alpha value is -2.03. The van der Waals surface area contributed by atoms with Crippen LogP contribution in [0.5, 0.6) is 0 Å². The highest BCUT2D eigenvalue weighted by Gasteiger charge is 2.16. The zero-order chi connectivity index (χ0) is 17.4. The number of thiazole rings is 1. The summed E-state index contributed by atoms with van der Waals surface area (Å²) in [6, 6.07) is 6.47. The summed E-state index contributed by atoms with van der Waals surface area (Å²) in [6.07, 6.45) is 0. The third-order valence-electron chi connectivity index (χ3n) is 3.43. The molecule has 2 aromatic heterocycles. The molecule has 0 saturated heterocycles. The number of carbonyl (C=O) groups is 1. The van der Waals surface area contributed by atoms with E-state index in [1.165, 1.54) is 23.5 Å². The lowest BCUT2D eigenvalue weighted by molar-refractivity contribution is -0.380. The molecule has 1 amide bonds. The maximum Gasteiger partial charge on any atom is 0.324 e. The molecule has 0 aliphatic rings. The van der Waals surface area contributed by atoms with Gasteiger partial charge < -0.3 is 4.57 Å². The van der Waals surface area contributed by atoms with Crippen LogP contribution in [0.25, 0.3) is 10.2 Å². The number of nitrogens with zero attached hydrogens (tertiary/aromatic N) is 3. The molecule has 0 atom stereocenters. The summed E-state index contributed by atoms with van der Waals surface area (Å²) in [7, 11) is 0. The predicted molar refractivity (Wildman–Crippen MR) is 96.1 cm³/mol. The third-order valence-corrected chi connectivity index (χ3v) is 5.70. The van der Waals surface area contributed by atoms with E-state index in [4.69, 9.17) is 11.6 Å². The van der Waals surface area contributed by atoms with Gasteiger partial charge in [0, 0.05) is 17.6 Å². The summed E-state index contributed by atoms with van der Waals surface area (Å²) < 4.78 is 2.90. The van der Waals surface area contributed by atoms with E-state index in [0.29, 0.717) is 16.4 Å². The fraction of sp³-hybridized carbons (Fsp3) is 0.200. The van der Waals surface area contributed by atoms with Crippen LogP contribution in [0.1, 0.15) is 22.2 Å². The molecule has 0 radical (unpaired) electrons. The first-order valence-corrected chi connectivity index (χ1v) is 9.04. The monoisotopic (exact) mass is 381 g/mol. The van der Waals surface area contributed by atoms with Crippen LogP contribution in [0.2, 0.25) is 5.02 Å². The van der Waals surface area contributed by atoms with Crippen molar-refractivity contribution in [1.29, 1.82) is 0 Å². The first kappa shape index (κ1) is 16.8. The number of thiophene rings is 1. The second-order valence-corrected chi connectivity index (χ2v) is 7.52. The number of amides is 1. The van der Waals surface area contributed by atoms with Gasteiger partial charge >= 0.3 is 5.00 Å². The van der Waals surface area contributed by atoms with Gasteiger partial charge in [0.05, 0.1) is 15.1 Å². The Balaban J connectivity index is 2.13. The van der Waals surface area contributed by atoms with Crippen molar-refractivity contribution in [1.82, 2.24) is 4.57 Å². The molecule has 0 saturated carbocycles. The van der Waals surface area contributed by atoms with Gasteiger partial charge in [-0.25, -0.2) is 0 Å². The molecule has 3 rings (SSSR count). The lowest BCUT2D eigenvalue weighted by atomic mass is 10.2. The number of aryl methyl sites for hydroxylation is 2. The SMILES string of the molecule is CCn1c(=NC(=O)c2ccc([N+](=O)[O-])s2)sc2cc(Cl)cc(C)c21. The molecule has 3 aromatic rings. The Labute approximate surface area is 149 Å². The van der Waals surface area contributed by atoms with Gasteiger partial charge in [-0.15, -0.1) is 0 Å². The Morgan fingerprint density at radius 3 is 2.75 bits per heavy atom. The van der Waals surface area contributed by atoms with E-state index in [0.717, 1.165) is 27.1 Å². The molecule has 9 heteroatoms. The Morgan fingerprint density at radius 1 is 1.38 bits per heavy atom. The number of benzene rings is 1. The van der Waals surface area contributed by atoms with Crippen molar-refractivity contribution in [3.8, 4) is 0 Å². The van der Waals surface area contributed by atoms with Crippen LogP contribution in [0.3, 0.4) is 0 Å². The summed E-state index contributed by atoms with van der Waals surface area (Å²) in [5.41, 5.74) is 2.01. The van der Waals surface area contributed by atoms with Gasteiger partial charge in [-0.1, -0.05) is 34.3 Å². The van der Waals surface area contributed by atoms with E-state index in [1.54, 1.807) is 0 Å². The van der Waals surface area contributed by atoms with E-state index in [9.17, 15) is 14.9 Å². The highest BCUT2D eigenvalue weighted by atomic mass is 35.5. The zero-order valence-corrected chi connectivity index (χ0v) is 15.2. The van der Waals surface area contributed by atoms with E-state index in [1.807, 2.05) is 30.5 Å². The summed E-state index contributed by atoms with van der Waals surface area (Å²) in [5, 5.41) is 11.3. The second-order valence-electron chi connectivity index (χ2n) is 5.01. The van der Waals surface area contributed by atoms with Gasteiger partial charge in [0.25, 0.3) is 5.91 Å². The third kappa shape index (κ3) is 3.00. The Kier molecular flexibility index (Phi) is 4.53. The summed E-state index contributed by atoms with van der Waals surface area (Å²) in [4.78, 5) is 27.5. The summed E-state index contributed by atoms with van der Waals surface area (Å²) in [5.74, 6) is -0.481. The lowest BCUT2D eigenvalue weighted by Gasteiger charge is -2.03. The molecule has 6 nitrogen and oxygen atoms in total. The van der Waals surface area contributed by atoms with Crippen molar-refractivity contribution < 1.29 is 9.72 Å². The first-order chi connectivity index (χ1) is 11.4. The molecule has 0 aliphatic heterocycles. The largest absolute Gasteiger partial charge is 0.324 e. The van der Waals surface area contributed by atoms with Crippen LogP contribution >= 0.6 is 34.3 Å². The number of halogens is 1. The number of carbonyl (C=O) groups excluding carboxylic acids is 1. The molecule has 0 bridgehead atoms. The van der Waals surface area contributed by atoms with Crippen molar-refractivity contribution >= 4 is 55.4 Å². The summed E-state index contributed by atoms with van der Waals surface area (Å²) in [6.45, 7) is 4.58. The molecule has 124 valence electrons. The minimum absolute atomic E-state index is 0.0733. The Morgan fingerprint density at radius 2 is 2.12 bits per heavy atom. The van der Waals surface area contributed by atoms with E-state index in [2.05, 4.69) is 4.99 Å². The van der Waals surface area contributed by atoms with Crippen LogP contribution in [0.15, 0.2) is 29.3 Å². The number of hydrogen-bond acceptors (Lipinski definition) is 5. The molecule has 0 N–H and O–H groups in total. The maximum atomic E-state index is 12.3. The number of aromatic nitrogens is 1. The van der Waals surface area contributed by atoms with Gasteiger partial charge in [-0.2, -0.15) is 4.99 Å². The van der Waals surface area contributed by atoms with Crippen LogP contribution < -0.4 is 4.80 Å². The smallest absolute Gasteiger partial charge is 0.316 e. The minimum Gasteiger partial charge on any atom is -0.316 e. The predicted octanol–water partition coefficient (Wildman–Crippen LogP) is 4.40. The van der Waals surface area contributed by atoms with Gasteiger partial charge in [-0.3, -0.25) is 14.9 Å². The molecule has 24 heavy (non-hydrogen) atoms. The number of hydrogen-bond donors (Lipinski definition) is 0. The van der Waals surface area contributed by atoms with Gasteiger partial charge in [0.1, 0.15) is 4.88 Å². The number of fused-ring (bicyclic) bond motifs is 1. The maximum absolute atomic E-state index is 12.3. The standard InChI is InChI=1S/C15H12ClN3O3S2/c1-3-18-13-8(2)6-9(16)7-11(13)24-15(18)17-14(20)10-4-5-12(23-10)19(21)22/h4-7H,3H2,1-2H3. The van der Waals surface area contributed by atoms with Gasteiger partial charge in [-0.05, 0) is 37.6 Å². The average molecular weight is 382 g/mol. The fourth-order valence-corrected chi connectivity index (χ4v) is 4.69.